The summed E-state index contributed by atoms with van der Waals surface area (Å²) in [5.74, 6) is 0.464. The Labute approximate surface area is 159 Å². The Morgan fingerprint density at radius 1 is 1.15 bits per heavy atom. The SMILES string of the molecule is COc1cc(C=C(C#N)C#N)ccc1OCC(=O)Nc1ccc(Br)cc1. The van der Waals surface area contributed by atoms with Gasteiger partial charge in [0.15, 0.2) is 18.1 Å². The van der Waals surface area contributed by atoms with E-state index < -0.39 is 0 Å². The van der Waals surface area contributed by atoms with Gasteiger partial charge >= 0.3 is 0 Å². The molecule has 6 nitrogen and oxygen atoms in total. The van der Waals surface area contributed by atoms with Crippen molar-refractivity contribution in [2.24, 2.45) is 0 Å². The summed E-state index contributed by atoms with van der Waals surface area (Å²) in [6.07, 6.45) is 1.44. The van der Waals surface area contributed by atoms with Crippen LogP contribution in [0.3, 0.4) is 0 Å². The first kappa shape index (κ1) is 19.0. The van der Waals surface area contributed by atoms with Crippen LogP contribution in [0.15, 0.2) is 52.5 Å². The molecule has 0 fully saturated rings. The highest BCUT2D eigenvalue weighted by Crippen LogP contribution is 2.29. The maximum Gasteiger partial charge on any atom is 0.262 e. The van der Waals surface area contributed by atoms with Gasteiger partial charge in [0.1, 0.15) is 17.7 Å². The molecule has 0 radical (unpaired) electrons. The number of nitrogens with one attached hydrogen (secondary N) is 1. The van der Waals surface area contributed by atoms with Gasteiger partial charge in [-0.3, -0.25) is 4.79 Å². The van der Waals surface area contributed by atoms with Crippen LogP contribution in [0, 0.1) is 22.7 Å². The van der Waals surface area contributed by atoms with E-state index in [1.807, 2.05) is 12.1 Å². The lowest BCUT2D eigenvalue weighted by atomic mass is 10.1. The lowest BCUT2D eigenvalue weighted by molar-refractivity contribution is -0.118. The number of nitrogens with zero attached hydrogens (tertiary/aromatic N) is 2. The van der Waals surface area contributed by atoms with Gasteiger partial charge in [0, 0.05) is 10.2 Å². The molecule has 0 aliphatic carbocycles. The summed E-state index contributed by atoms with van der Waals surface area (Å²) in [5, 5.41) is 20.3. The molecule has 0 aliphatic heterocycles. The van der Waals surface area contributed by atoms with Crippen LogP contribution in [-0.4, -0.2) is 19.6 Å². The molecule has 0 aliphatic rings. The van der Waals surface area contributed by atoms with Crippen LogP contribution in [0.4, 0.5) is 5.69 Å². The van der Waals surface area contributed by atoms with Gasteiger partial charge in [-0.2, -0.15) is 10.5 Å². The number of benzene rings is 2. The Bertz CT molecular complexity index is 893. The minimum Gasteiger partial charge on any atom is -0.493 e. The average Bonchev–Trinajstić information content (AvgIpc) is 2.66. The topological polar surface area (TPSA) is 95.1 Å². The fourth-order valence-electron chi connectivity index (χ4n) is 2.02. The molecule has 1 amide bonds. The van der Waals surface area contributed by atoms with Crippen molar-refractivity contribution < 1.29 is 14.3 Å². The largest absolute Gasteiger partial charge is 0.493 e. The third-order valence-corrected chi connectivity index (χ3v) is 3.75. The molecule has 2 aromatic carbocycles. The zero-order valence-corrected chi connectivity index (χ0v) is 15.4. The number of hydrogen-bond acceptors (Lipinski definition) is 5. The third kappa shape index (κ3) is 5.37. The molecule has 0 bridgehead atoms. The lowest BCUT2D eigenvalue weighted by Gasteiger charge is -2.11. The highest BCUT2D eigenvalue weighted by atomic mass is 79.9. The number of nitriles is 2. The van der Waals surface area contributed by atoms with Crippen molar-refractivity contribution in [3.63, 3.8) is 0 Å². The molecule has 0 aromatic heterocycles. The molecule has 2 aromatic rings. The molecule has 130 valence electrons. The molecular weight excluding hydrogens is 398 g/mol. The molecule has 0 atom stereocenters. The summed E-state index contributed by atoms with van der Waals surface area (Å²) >= 11 is 3.33. The molecule has 0 unspecified atom stereocenters. The summed E-state index contributed by atoms with van der Waals surface area (Å²) < 4.78 is 11.7. The van der Waals surface area contributed by atoms with E-state index in [4.69, 9.17) is 20.0 Å². The first-order valence-electron chi connectivity index (χ1n) is 7.44. The predicted molar refractivity (Wildman–Crippen MR) is 100 cm³/mol. The van der Waals surface area contributed by atoms with Crippen molar-refractivity contribution in [3.05, 3.63) is 58.1 Å². The molecule has 2 rings (SSSR count). The first-order chi connectivity index (χ1) is 12.5. The van der Waals surface area contributed by atoms with E-state index in [0.29, 0.717) is 22.7 Å². The zero-order chi connectivity index (χ0) is 18.9. The number of carbonyl (C=O) groups excluding carboxylic acids is 1. The maximum atomic E-state index is 12.0. The van der Waals surface area contributed by atoms with E-state index >= 15 is 0 Å². The highest BCUT2D eigenvalue weighted by molar-refractivity contribution is 9.10. The van der Waals surface area contributed by atoms with Gasteiger partial charge in [0.05, 0.1) is 7.11 Å². The third-order valence-electron chi connectivity index (χ3n) is 3.23. The van der Waals surface area contributed by atoms with Crippen molar-refractivity contribution in [2.45, 2.75) is 0 Å². The Kier molecular flexibility index (Phi) is 6.78. The number of anilines is 1. The number of amides is 1. The van der Waals surface area contributed by atoms with Crippen molar-refractivity contribution >= 4 is 33.6 Å². The summed E-state index contributed by atoms with van der Waals surface area (Å²) in [6.45, 7) is -0.191. The summed E-state index contributed by atoms with van der Waals surface area (Å²) in [5.41, 5.74) is 1.26. The number of ether oxygens (including phenoxy) is 2. The summed E-state index contributed by atoms with van der Waals surface area (Å²) in [4.78, 5) is 12.0. The van der Waals surface area contributed by atoms with E-state index in [2.05, 4.69) is 21.2 Å². The van der Waals surface area contributed by atoms with E-state index in [0.717, 1.165) is 4.47 Å². The van der Waals surface area contributed by atoms with Gasteiger partial charge < -0.3 is 14.8 Å². The smallest absolute Gasteiger partial charge is 0.262 e. The molecule has 26 heavy (non-hydrogen) atoms. The molecule has 1 N–H and O–H groups in total. The van der Waals surface area contributed by atoms with Crippen LogP contribution in [0.1, 0.15) is 5.56 Å². The van der Waals surface area contributed by atoms with Crippen LogP contribution < -0.4 is 14.8 Å². The molecule has 7 heteroatoms. The Morgan fingerprint density at radius 2 is 1.85 bits per heavy atom. The van der Waals surface area contributed by atoms with Crippen LogP contribution >= 0.6 is 15.9 Å². The first-order valence-corrected chi connectivity index (χ1v) is 8.23. The second-order valence-electron chi connectivity index (χ2n) is 5.04. The van der Waals surface area contributed by atoms with E-state index in [9.17, 15) is 4.79 Å². The van der Waals surface area contributed by atoms with E-state index in [1.165, 1.54) is 13.2 Å². The van der Waals surface area contributed by atoms with Gasteiger partial charge in [0.25, 0.3) is 5.91 Å². The van der Waals surface area contributed by atoms with Crippen LogP contribution in [0.2, 0.25) is 0 Å². The summed E-state index contributed by atoms with van der Waals surface area (Å²) in [6, 6.07) is 15.7. The quantitative estimate of drug-likeness (QED) is 0.726. The molecule has 0 saturated carbocycles. The molecule has 0 spiro atoms. The second-order valence-corrected chi connectivity index (χ2v) is 5.95. The van der Waals surface area contributed by atoms with Gasteiger partial charge in [0.2, 0.25) is 0 Å². The molecule has 0 heterocycles. The normalized spacial score (nSPS) is 9.38. The van der Waals surface area contributed by atoms with Gasteiger partial charge in [-0.1, -0.05) is 22.0 Å². The fraction of sp³-hybridized carbons (Fsp3) is 0.105. The standard InChI is InChI=1S/C19H14BrN3O3/c1-25-18-9-13(8-14(10-21)11-22)2-7-17(18)26-12-19(24)23-16-5-3-15(20)4-6-16/h2-9H,12H2,1H3,(H,23,24). The van der Waals surface area contributed by atoms with Crippen LogP contribution in [-0.2, 0) is 4.79 Å². The number of rotatable bonds is 6. The van der Waals surface area contributed by atoms with E-state index in [-0.39, 0.29) is 18.1 Å². The number of carbonyl (C=O) groups is 1. The zero-order valence-electron chi connectivity index (χ0n) is 13.8. The lowest BCUT2D eigenvalue weighted by Crippen LogP contribution is -2.20. The Morgan fingerprint density at radius 3 is 2.46 bits per heavy atom. The average molecular weight is 412 g/mol. The molecular formula is C19H14BrN3O3. The Hall–Kier alpha value is -3.29. The van der Waals surface area contributed by atoms with Crippen LogP contribution in [0.25, 0.3) is 6.08 Å². The maximum absolute atomic E-state index is 12.0. The van der Waals surface area contributed by atoms with Crippen molar-refractivity contribution in [1.29, 1.82) is 10.5 Å². The minimum atomic E-state index is -0.311. The fourth-order valence-corrected chi connectivity index (χ4v) is 2.29. The Balaban J connectivity index is 2.04. The van der Waals surface area contributed by atoms with Gasteiger partial charge in [-0.15, -0.1) is 0 Å². The van der Waals surface area contributed by atoms with Crippen molar-refractivity contribution in [3.8, 4) is 23.6 Å². The van der Waals surface area contributed by atoms with Crippen molar-refractivity contribution in [2.75, 3.05) is 19.0 Å². The number of allylic oxidation sites excluding steroid dienone is 1. The number of halogens is 1. The van der Waals surface area contributed by atoms with Crippen LogP contribution in [0.5, 0.6) is 11.5 Å². The number of methoxy groups -OCH3 is 1. The van der Waals surface area contributed by atoms with Crippen molar-refractivity contribution in [1.82, 2.24) is 0 Å². The van der Waals surface area contributed by atoms with Gasteiger partial charge in [-0.25, -0.2) is 0 Å². The monoisotopic (exact) mass is 411 g/mol. The van der Waals surface area contributed by atoms with Gasteiger partial charge in [-0.05, 0) is 48.0 Å². The summed E-state index contributed by atoms with van der Waals surface area (Å²) in [7, 11) is 1.47. The van der Waals surface area contributed by atoms with E-state index in [1.54, 1.807) is 42.5 Å². The highest BCUT2D eigenvalue weighted by Gasteiger charge is 2.09. The predicted octanol–water partition coefficient (Wildman–Crippen LogP) is 3.91. The second kappa shape index (κ2) is 9.26. The molecule has 0 saturated heterocycles. The number of hydrogen-bond donors (Lipinski definition) is 1. The minimum absolute atomic E-state index is 0.0189.